The van der Waals surface area contributed by atoms with Gasteiger partial charge in [0.15, 0.2) is 0 Å². The summed E-state index contributed by atoms with van der Waals surface area (Å²) in [7, 11) is 3.84. The van der Waals surface area contributed by atoms with Crippen molar-refractivity contribution in [3.05, 3.63) is 46.8 Å². The molecule has 0 amide bonds. The number of likely N-dealkylation sites (N-methyl/N-ethyl adjacent to an activating group) is 1. The molecule has 0 saturated carbocycles. The average molecular weight is 317 g/mol. The fraction of sp³-hybridized carbons (Fsp3) is 0.500. The Bertz CT molecular complexity index is 637. The highest BCUT2D eigenvalue weighted by atomic mass is 16.5. The van der Waals surface area contributed by atoms with Crippen LogP contribution in [0.25, 0.3) is 0 Å². The number of rotatable bonds is 8. The summed E-state index contributed by atoms with van der Waals surface area (Å²) in [6.45, 7) is 6.58. The molecule has 1 N–H and O–H groups in total. The second kappa shape index (κ2) is 8.13. The first kappa shape index (κ1) is 17.5. The molecule has 23 heavy (non-hydrogen) atoms. The smallest absolute Gasteiger partial charge is 0.122 e. The van der Waals surface area contributed by atoms with Crippen LogP contribution < -0.4 is 4.74 Å². The molecule has 0 unspecified atom stereocenters. The van der Waals surface area contributed by atoms with Gasteiger partial charge in [-0.3, -0.25) is 4.68 Å². The Hall–Kier alpha value is -1.85. The van der Waals surface area contributed by atoms with Gasteiger partial charge in [-0.05, 0) is 38.9 Å². The van der Waals surface area contributed by atoms with Crippen LogP contribution in [0, 0.1) is 13.8 Å². The van der Waals surface area contributed by atoms with Gasteiger partial charge in [-0.15, -0.1) is 0 Å². The average Bonchev–Trinajstić information content (AvgIpc) is 2.81. The van der Waals surface area contributed by atoms with Gasteiger partial charge >= 0.3 is 0 Å². The number of para-hydroxylation sites is 1. The fourth-order valence-electron chi connectivity index (χ4n) is 2.85. The summed E-state index contributed by atoms with van der Waals surface area (Å²) in [6, 6.07) is 8.16. The van der Waals surface area contributed by atoms with Gasteiger partial charge < -0.3 is 14.7 Å². The lowest BCUT2D eigenvalue weighted by molar-refractivity contribution is 0.267. The van der Waals surface area contributed by atoms with Crippen molar-refractivity contribution in [1.29, 1.82) is 0 Å². The zero-order valence-corrected chi connectivity index (χ0v) is 14.5. The highest BCUT2D eigenvalue weighted by molar-refractivity contribution is 5.33. The van der Waals surface area contributed by atoms with Crippen LogP contribution in [0.3, 0.4) is 0 Å². The largest absolute Gasteiger partial charge is 0.496 e. The number of hydrogen-bond acceptors (Lipinski definition) is 4. The first-order valence-electron chi connectivity index (χ1n) is 8.01. The Morgan fingerprint density at radius 1 is 1.26 bits per heavy atom. The molecule has 0 fully saturated rings. The Labute approximate surface area is 138 Å². The van der Waals surface area contributed by atoms with E-state index in [4.69, 9.17) is 9.84 Å². The fourth-order valence-corrected chi connectivity index (χ4v) is 2.85. The van der Waals surface area contributed by atoms with Crippen molar-refractivity contribution in [3.8, 4) is 5.75 Å². The van der Waals surface area contributed by atoms with Crippen LogP contribution in [-0.2, 0) is 19.5 Å². The van der Waals surface area contributed by atoms with E-state index < -0.39 is 0 Å². The third-order valence-corrected chi connectivity index (χ3v) is 4.23. The van der Waals surface area contributed by atoms with Gasteiger partial charge in [0.25, 0.3) is 0 Å². The molecule has 2 rings (SSSR count). The van der Waals surface area contributed by atoms with E-state index >= 15 is 0 Å². The molecule has 126 valence electrons. The Morgan fingerprint density at radius 2 is 2.00 bits per heavy atom. The van der Waals surface area contributed by atoms with Crippen molar-refractivity contribution in [2.45, 2.75) is 33.4 Å². The normalized spacial score (nSPS) is 11.2. The van der Waals surface area contributed by atoms with Gasteiger partial charge in [-0.25, -0.2) is 0 Å². The van der Waals surface area contributed by atoms with Gasteiger partial charge in [-0.1, -0.05) is 18.2 Å². The summed E-state index contributed by atoms with van der Waals surface area (Å²) < 4.78 is 7.30. The van der Waals surface area contributed by atoms with Crippen LogP contribution in [0.4, 0.5) is 0 Å². The number of nitrogens with zero attached hydrogens (tertiary/aromatic N) is 3. The number of aliphatic hydroxyl groups excluding tert-OH is 1. The SMILES string of the molecule is COc1ccccc1CCN(C)Cc1c(C)nn(CCO)c1C. The minimum Gasteiger partial charge on any atom is -0.496 e. The van der Waals surface area contributed by atoms with Crippen LogP contribution in [-0.4, -0.2) is 47.1 Å². The monoisotopic (exact) mass is 317 g/mol. The molecule has 0 spiro atoms. The van der Waals surface area contributed by atoms with Crippen LogP contribution in [0.5, 0.6) is 5.75 Å². The molecule has 0 aliphatic heterocycles. The van der Waals surface area contributed by atoms with Crippen molar-refractivity contribution in [1.82, 2.24) is 14.7 Å². The second-order valence-corrected chi connectivity index (χ2v) is 5.90. The molecular formula is C18H27N3O2. The van der Waals surface area contributed by atoms with E-state index in [1.54, 1.807) is 7.11 Å². The lowest BCUT2D eigenvalue weighted by atomic mass is 10.1. The lowest BCUT2D eigenvalue weighted by Gasteiger charge is -2.18. The molecule has 0 saturated heterocycles. The Kier molecular flexibility index (Phi) is 6.19. The van der Waals surface area contributed by atoms with Gasteiger partial charge in [0.2, 0.25) is 0 Å². The summed E-state index contributed by atoms with van der Waals surface area (Å²) in [4.78, 5) is 2.30. The molecular weight excluding hydrogens is 290 g/mol. The summed E-state index contributed by atoms with van der Waals surface area (Å²) >= 11 is 0. The molecule has 0 radical (unpaired) electrons. The maximum absolute atomic E-state index is 9.10. The number of hydrogen-bond donors (Lipinski definition) is 1. The third kappa shape index (κ3) is 4.33. The molecule has 0 atom stereocenters. The van der Waals surface area contributed by atoms with Crippen molar-refractivity contribution < 1.29 is 9.84 Å². The maximum atomic E-state index is 9.10. The topological polar surface area (TPSA) is 50.5 Å². The zero-order chi connectivity index (χ0) is 16.8. The summed E-state index contributed by atoms with van der Waals surface area (Å²) in [5.74, 6) is 0.948. The van der Waals surface area contributed by atoms with E-state index in [9.17, 15) is 0 Å². The first-order valence-corrected chi connectivity index (χ1v) is 8.01. The molecule has 5 nitrogen and oxygen atoms in total. The second-order valence-electron chi connectivity index (χ2n) is 5.90. The quantitative estimate of drug-likeness (QED) is 0.811. The van der Waals surface area contributed by atoms with Crippen molar-refractivity contribution in [2.24, 2.45) is 0 Å². The van der Waals surface area contributed by atoms with Gasteiger partial charge in [0.1, 0.15) is 5.75 Å². The zero-order valence-electron chi connectivity index (χ0n) is 14.5. The molecule has 1 aromatic heterocycles. The summed E-state index contributed by atoms with van der Waals surface area (Å²) in [5.41, 5.74) is 4.66. The standard InChI is InChI=1S/C18H27N3O2/c1-14-17(15(2)21(19-14)11-12-22)13-20(3)10-9-16-7-5-6-8-18(16)23-4/h5-8,22H,9-13H2,1-4H3. The highest BCUT2D eigenvalue weighted by Gasteiger charge is 2.13. The Morgan fingerprint density at radius 3 is 2.70 bits per heavy atom. The molecule has 0 bridgehead atoms. The lowest BCUT2D eigenvalue weighted by Crippen LogP contribution is -2.21. The molecule has 1 heterocycles. The van der Waals surface area contributed by atoms with Gasteiger partial charge in [-0.2, -0.15) is 5.10 Å². The van der Waals surface area contributed by atoms with Crippen molar-refractivity contribution in [2.75, 3.05) is 27.3 Å². The number of ether oxygens (including phenoxy) is 1. The van der Waals surface area contributed by atoms with E-state index in [2.05, 4.69) is 30.0 Å². The van der Waals surface area contributed by atoms with Crippen LogP contribution >= 0.6 is 0 Å². The molecule has 0 aliphatic carbocycles. The minimum atomic E-state index is 0.116. The van der Waals surface area contributed by atoms with Crippen LogP contribution in [0.2, 0.25) is 0 Å². The van der Waals surface area contributed by atoms with Crippen molar-refractivity contribution >= 4 is 0 Å². The highest BCUT2D eigenvalue weighted by Crippen LogP contribution is 2.19. The summed E-state index contributed by atoms with van der Waals surface area (Å²) in [6.07, 6.45) is 0.948. The van der Waals surface area contributed by atoms with Crippen LogP contribution in [0.1, 0.15) is 22.5 Å². The molecule has 5 heteroatoms. The molecule has 0 aliphatic rings. The Balaban J connectivity index is 1.98. The third-order valence-electron chi connectivity index (χ3n) is 4.23. The van der Waals surface area contributed by atoms with Gasteiger partial charge in [0.05, 0.1) is 26.0 Å². The number of aryl methyl sites for hydroxylation is 1. The van der Waals surface area contributed by atoms with E-state index in [1.165, 1.54) is 11.1 Å². The number of aromatic nitrogens is 2. The van der Waals surface area contributed by atoms with E-state index in [-0.39, 0.29) is 6.61 Å². The molecule has 1 aromatic carbocycles. The first-order chi connectivity index (χ1) is 11.1. The van der Waals surface area contributed by atoms with E-state index in [0.29, 0.717) is 6.54 Å². The van der Waals surface area contributed by atoms with Gasteiger partial charge in [0, 0.05) is 24.3 Å². The number of aliphatic hydroxyl groups is 1. The predicted molar refractivity (Wildman–Crippen MR) is 91.8 cm³/mol. The number of methoxy groups -OCH3 is 1. The van der Waals surface area contributed by atoms with E-state index in [0.717, 1.165) is 36.6 Å². The van der Waals surface area contributed by atoms with E-state index in [1.807, 2.05) is 29.8 Å². The summed E-state index contributed by atoms with van der Waals surface area (Å²) in [5, 5.41) is 13.6. The van der Waals surface area contributed by atoms with Crippen LogP contribution in [0.15, 0.2) is 24.3 Å². The maximum Gasteiger partial charge on any atom is 0.122 e. The number of benzene rings is 1. The minimum absolute atomic E-state index is 0.116. The van der Waals surface area contributed by atoms with Crippen molar-refractivity contribution in [3.63, 3.8) is 0 Å². The predicted octanol–water partition coefficient (Wildman–Crippen LogP) is 2.18. The molecule has 2 aromatic rings.